The molecule has 4 N–H and O–H groups in total. The van der Waals surface area contributed by atoms with Crippen molar-refractivity contribution in [2.45, 2.75) is 33.7 Å². The molecule has 0 radical (unpaired) electrons. The highest BCUT2D eigenvalue weighted by atomic mass is 15.3. The van der Waals surface area contributed by atoms with Crippen LogP contribution >= 0.6 is 0 Å². The molecule has 0 spiro atoms. The van der Waals surface area contributed by atoms with Crippen LogP contribution in [0.5, 0.6) is 0 Å². The average molecular weight is 248 g/mol. The predicted molar refractivity (Wildman–Crippen MR) is 77.1 cm³/mol. The lowest BCUT2D eigenvalue weighted by molar-refractivity contribution is 0.615. The van der Waals surface area contributed by atoms with Gasteiger partial charge in [-0.25, -0.2) is 10.8 Å². The van der Waals surface area contributed by atoms with E-state index in [0.717, 1.165) is 13.0 Å². The van der Waals surface area contributed by atoms with Crippen LogP contribution in [0, 0.1) is 5.92 Å². The standard InChI is InChI=1S/C14H24N4/c1-4-12-5-7-13(8-6-12)10-17-14(18-15)16-9-11(2)3/h5-8,11H,4,9-10,15H2,1-3H3,(H2,16,17,18). The molecule has 0 saturated heterocycles. The minimum Gasteiger partial charge on any atom is -0.355 e. The summed E-state index contributed by atoms with van der Waals surface area (Å²) < 4.78 is 0. The highest BCUT2D eigenvalue weighted by Gasteiger charge is 1.98. The third-order valence-corrected chi connectivity index (χ3v) is 2.67. The van der Waals surface area contributed by atoms with E-state index in [2.05, 4.69) is 60.8 Å². The van der Waals surface area contributed by atoms with Crippen molar-refractivity contribution in [3.05, 3.63) is 35.4 Å². The highest BCUT2D eigenvalue weighted by Crippen LogP contribution is 2.06. The molecule has 0 bridgehead atoms. The van der Waals surface area contributed by atoms with Gasteiger partial charge < -0.3 is 5.32 Å². The summed E-state index contributed by atoms with van der Waals surface area (Å²) in [5.41, 5.74) is 5.12. The number of nitrogens with zero attached hydrogens (tertiary/aromatic N) is 1. The number of aryl methyl sites for hydroxylation is 1. The summed E-state index contributed by atoms with van der Waals surface area (Å²) in [7, 11) is 0. The van der Waals surface area contributed by atoms with Crippen molar-refractivity contribution in [3.8, 4) is 0 Å². The van der Waals surface area contributed by atoms with Gasteiger partial charge in [0.05, 0.1) is 6.54 Å². The Morgan fingerprint density at radius 2 is 1.83 bits per heavy atom. The third-order valence-electron chi connectivity index (χ3n) is 2.67. The van der Waals surface area contributed by atoms with Gasteiger partial charge in [0.1, 0.15) is 0 Å². The van der Waals surface area contributed by atoms with Crippen LogP contribution in [0.4, 0.5) is 0 Å². The van der Waals surface area contributed by atoms with Gasteiger partial charge in [0.25, 0.3) is 0 Å². The smallest absolute Gasteiger partial charge is 0.206 e. The van der Waals surface area contributed by atoms with E-state index in [9.17, 15) is 0 Å². The summed E-state index contributed by atoms with van der Waals surface area (Å²) >= 11 is 0. The molecule has 100 valence electrons. The Morgan fingerprint density at radius 1 is 1.22 bits per heavy atom. The van der Waals surface area contributed by atoms with Gasteiger partial charge in [0.2, 0.25) is 5.96 Å². The van der Waals surface area contributed by atoms with Gasteiger partial charge in [-0.2, -0.15) is 0 Å². The largest absolute Gasteiger partial charge is 0.355 e. The van der Waals surface area contributed by atoms with Gasteiger partial charge in [-0.3, -0.25) is 5.43 Å². The second-order valence-electron chi connectivity index (χ2n) is 4.75. The maximum atomic E-state index is 5.43. The fourth-order valence-corrected chi connectivity index (χ4v) is 1.50. The normalized spacial score (nSPS) is 11.7. The highest BCUT2D eigenvalue weighted by molar-refractivity contribution is 5.79. The number of rotatable bonds is 5. The molecule has 4 heteroatoms. The lowest BCUT2D eigenvalue weighted by Crippen LogP contribution is -2.42. The first kappa shape index (κ1) is 14.5. The summed E-state index contributed by atoms with van der Waals surface area (Å²) in [5, 5.41) is 3.18. The Labute approximate surface area is 110 Å². The predicted octanol–water partition coefficient (Wildman–Crippen LogP) is 1.81. The molecule has 4 nitrogen and oxygen atoms in total. The first-order valence-corrected chi connectivity index (χ1v) is 6.48. The zero-order valence-electron chi connectivity index (χ0n) is 11.5. The lowest BCUT2D eigenvalue weighted by atomic mass is 10.1. The van der Waals surface area contributed by atoms with Crippen LogP contribution < -0.4 is 16.6 Å². The SMILES string of the molecule is CCc1ccc(CN=C(NN)NCC(C)C)cc1. The van der Waals surface area contributed by atoms with Crippen molar-refractivity contribution in [2.75, 3.05) is 6.54 Å². The van der Waals surface area contributed by atoms with Crippen LogP contribution in [0.2, 0.25) is 0 Å². The minimum atomic E-state index is 0.562. The maximum absolute atomic E-state index is 5.43. The van der Waals surface area contributed by atoms with E-state index in [4.69, 9.17) is 5.84 Å². The van der Waals surface area contributed by atoms with Crippen LogP contribution in [-0.4, -0.2) is 12.5 Å². The molecule has 1 aromatic rings. The van der Waals surface area contributed by atoms with E-state index in [1.165, 1.54) is 11.1 Å². The minimum absolute atomic E-state index is 0.562. The molecule has 0 saturated carbocycles. The fraction of sp³-hybridized carbons (Fsp3) is 0.500. The second-order valence-corrected chi connectivity index (χ2v) is 4.75. The molecule has 0 heterocycles. The molecule has 0 aliphatic heterocycles. The van der Waals surface area contributed by atoms with Crippen molar-refractivity contribution in [1.29, 1.82) is 0 Å². The number of nitrogens with two attached hydrogens (primary N) is 1. The van der Waals surface area contributed by atoms with Crippen LogP contribution in [0.3, 0.4) is 0 Å². The second kappa shape index (κ2) is 7.71. The Kier molecular flexibility index (Phi) is 6.22. The van der Waals surface area contributed by atoms with E-state index in [1.54, 1.807) is 0 Å². The van der Waals surface area contributed by atoms with E-state index in [1.807, 2.05) is 0 Å². The van der Waals surface area contributed by atoms with Crippen molar-refractivity contribution < 1.29 is 0 Å². The Morgan fingerprint density at radius 3 is 2.33 bits per heavy atom. The molecule has 18 heavy (non-hydrogen) atoms. The van der Waals surface area contributed by atoms with Gasteiger partial charge in [-0.15, -0.1) is 0 Å². The molecule has 0 aromatic heterocycles. The van der Waals surface area contributed by atoms with Crippen LogP contribution in [0.1, 0.15) is 31.9 Å². The van der Waals surface area contributed by atoms with Crippen LogP contribution in [0.25, 0.3) is 0 Å². The molecule has 0 unspecified atom stereocenters. The van der Waals surface area contributed by atoms with Crippen molar-refractivity contribution in [3.63, 3.8) is 0 Å². The quantitative estimate of drug-likeness (QED) is 0.322. The van der Waals surface area contributed by atoms with Crippen molar-refractivity contribution in [1.82, 2.24) is 10.7 Å². The number of guanidine groups is 1. The number of nitrogens with one attached hydrogen (secondary N) is 2. The van der Waals surface area contributed by atoms with E-state index >= 15 is 0 Å². The Balaban J connectivity index is 2.53. The molecule has 0 fully saturated rings. The Hall–Kier alpha value is -1.55. The number of hydrogen-bond acceptors (Lipinski definition) is 2. The summed E-state index contributed by atoms with van der Waals surface area (Å²) in [4.78, 5) is 4.41. The molecule has 1 aromatic carbocycles. The monoisotopic (exact) mass is 248 g/mol. The summed E-state index contributed by atoms with van der Waals surface area (Å²) in [6.07, 6.45) is 1.06. The molecule has 0 aliphatic carbocycles. The molecule has 0 atom stereocenters. The average Bonchev–Trinajstić information content (AvgIpc) is 2.39. The first-order valence-electron chi connectivity index (χ1n) is 6.48. The van der Waals surface area contributed by atoms with Gasteiger partial charge in [0.15, 0.2) is 0 Å². The van der Waals surface area contributed by atoms with Crippen LogP contribution in [0.15, 0.2) is 29.3 Å². The summed E-state index contributed by atoms with van der Waals surface area (Å²) in [5.74, 6) is 6.63. The van der Waals surface area contributed by atoms with E-state index in [-0.39, 0.29) is 0 Å². The zero-order chi connectivity index (χ0) is 13.4. The molecular formula is C14H24N4. The fourth-order valence-electron chi connectivity index (χ4n) is 1.50. The number of hydrazine groups is 1. The maximum Gasteiger partial charge on any atom is 0.206 e. The van der Waals surface area contributed by atoms with Crippen molar-refractivity contribution in [2.24, 2.45) is 16.8 Å². The van der Waals surface area contributed by atoms with Gasteiger partial charge in [-0.1, -0.05) is 45.0 Å². The summed E-state index contributed by atoms with van der Waals surface area (Å²) in [6, 6.07) is 8.50. The first-order chi connectivity index (χ1) is 8.65. The van der Waals surface area contributed by atoms with Crippen LogP contribution in [-0.2, 0) is 13.0 Å². The number of hydrogen-bond donors (Lipinski definition) is 3. The van der Waals surface area contributed by atoms with E-state index in [0.29, 0.717) is 18.4 Å². The lowest BCUT2D eigenvalue weighted by Gasteiger charge is -2.11. The molecule has 0 amide bonds. The number of benzene rings is 1. The van der Waals surface area contributed by atoms with E-state index < -0.39 is 0 Å². The van der Waals surface area contributed by atoms with Gasteiger partial charge >= 0.3 is 0 Å². The third kappa shape index (κ3) is 5.19. The molecule has 0 aliphatic rings. The topological polar surface area (TPSA) is 62.4 Å². The van der Waals surface area contributed by atoms with Crippen molar-refractivity contribution >= 4 is 5.96 Å². The summed E-state index contributed by atoms with van der Waals surface area (Å²) in [6.45, 7) is 7.93. The van der Waals surface area contributed by atoms with Gasteiger partial charge in [-0.05, 0) is 23.5 Å². The zero-order valence-corrected chi connectivity index (χ0v) is 11.5. The molecular weight excluding hydrogens is 224 g/mol. The Bertz CT molecular complexity index is 368. The number of aliphatic imine (C=N–C) groups is 1. The molecule has 1 rings (SSSR count). The van der Waals surface area contributed by atoms with Gasteiger partial charge in [0, 0.05) is 6.54 Å².